The van der Waals surface area contributed by atoms with Crippen molar-refractivity contribution in [3.63, 3.8) is 0 Å². The van der Waals surface area contributed by atoms with Gasteiger partial charge in [0.1, 0.15) is 0 Å². The Morgan fingerprint density at radius 2 is 0.655 bits per heavy atom. The maximum atomic E-state index is 2.38. The van der Waals surface area contributed by atoms with Gasteiger partial charge < -0.3 is 9.13 Å². The smallest absolute Gasteiger partial charge is 0.0542 e. The van der Waals surface area contributed by atoms with Crippen LogP contribution in [0.25, 0.3) is 108 Å². The minimum atomic E-state index is 1.17. The first-order valence-corrected chi connectivity index (χ1v) is 21.3. The van der Waals surface area contributed by atoms with Crippen LogP contribution >= 0.6 is 22.7 Å². The van der Waals surface area contributed by atoms with Gasteiger partial charge in [-0.1, -0.05) is 146 Å². The Kier molecular flexibility index (Phi) is 7.62. The van der Waals surface area contributed by atoms with E-state index in [1.807, 2.05) is 22.7 Å². The topological polar surface area (TPSA) is 9.86 Å². The summed E-state index contributed by atoms with van der Waals surface area (Å²) in [6.07, 6.45) is 0. The van der Waals surface area contributed by atoms with E-state index >= 15 is 0 Å². The van der Waals surface area contributed by atoms with Gasteiger partial charge in [0, 0.05) is 42.3 Å². The summed E-state index contributed by atoms with van der Waals surface area (Å²) >= 11 is 3.83. The fourth-order valence-electron chi connectivity index (χ4n) is 8.73. The summed E-state index contributed by atoms with van der Waals surface area (Å²) in [5.41, 5.74) is 14.5. The van der Waals surface area contributed by atoms with E-state index in [9.17, 15) is 0 Å². The molecule has 0 spiro atoms. The molecule has 0 fully saturated rings. The number of aromatic nitrogens is 2. The highest BCUT2D eigenvalue weighted by atomic mass is 32.1. The van der Waals surface area contributed by atoms with E-state index in [0.717, 1.165) is 0 Å². The summed E-state index contributed by atoms with van der Waals surface area (Å²) in [7, 11) is 0. The van der Waals surface area contributed by atoms with Gasteiger partial charge in [0.15, 0.2) is 0 Å². The van der Waals surface area contributed by atoms with Gasteiger partial charge in [0.2, 0.25) is 0 Å². The fourth-order valence-corrected chi connectivity index (χ4v) is 11.5. The number of nitrogens with zero attached hydrogens (tertiary/aromatic N) is 2. The number of fused-ring (bicyclic) bond motifs is 7. The number of hydrogen-bond acceptors (Lipinski definition) is 2. The highest BCUT2D eigenvalue weighted by Gasteiger charge is 2.17. The third kappa shape index (κ3) is 5.37. The van der Waals surface area contributed by atoms with Gasteiger partial charge in [-0.05, 0) is 94.0 Å². The van der Waals surface area contributed by atoms with E-state index in [-0.39, 0.29) is 0 Å². The second-order valence-corrected chi connectivity index (χ2v) is 17.1. The second-order valence-electron chi connectivity index (χ2n) is 15.0. The van der Waals surface area contributed by atoms with Gasteiger partial charge in [-0.2, -0.15) is 0 Å². The number of benzene rings is 8. The van der Waals surface area contributed by atoms with Crippen molar-refractivity contribution in [2.24, 2.45) is 0 Å². The third-order valence-corrected chi connectivity index (χ3v) is 14.1. The predicted octanol–water partition coefficient (Wildman–Crippen LogP) is 15.8. The predicted molar refractivity (Wildman–Crippen MR) is 250 cm³/mol. The van der Waals surface area contributed by atoms with Crippen LogP contribution in [-0.4, -0.2) is 9.13 Å². The normalized spacial score (nSPS) is 11.8. The van der Waals surface area contributed by atoms with Crippen molar-refractivity contribution < 1.29 is 0 Å². The Balaban J connectivity index is 0.850. The summed E-state index contributed by atoms with van der Waals surface area (Å²) in [6, 6.07) is 75.3. The molecule has 0 atom stereocenters. The molecule has 0 aliphatic rings. The molecule has 12 aromatic rings. The molecule has 0 saturated carbocycles. The molecule has 58 heavy (non-hydrogen) atoms. The van der Waals surface area contributed by atoms with Crippen LogP contribution in [0.2, 0.25) is 0 Å². The molecule has 4 heteroatoms. The molecule has 0 saturated heterocycles. The number of thiophene rings is 2. The lowest BCUT2D eigenvalue weighted by atomic mass is 10.0. The largest absolute Gasteiger partial charge is 0.309 e. The first kappa shape index (κ1) is 33.2. The Morgan fingerprint density at radius 1 is 0.293 bits per heavy atom. The molecule has 2 nitrogen and oxygen atoms in total. The molecule has 0 N–H and O–H groups in total. The molecular weight excluding hydrogens is 741 g/mol. The zero-order valence-electron chi connectivity index (χ0n) is 31.3. The standard InChI is InChI=1S/C54H34N2S2/c1-3-13-43(14-4-1)55-47-17-9-7-11-41(47)31-49(55)37-23-19-35(20-24-37)39-27-29-45-51(33-39)57-54-46-30-28-40(34-52(46)58-53(45)54)36-21-25-38(26-22-36)50-32-42-12-8-10-18-48(42)56(50)44-15-5-2-6-16-44/h1-34H. The zero-order valence-corrected chi connectivity index (χ0v) is 33.0. The van der Waals surface area contributed by atoms with E-state index in [4.69, 9.17) is 0 Å². The van der Waals surface area contributed by atoms with Gasteiger partial charge in [0.05, 0.1) is 31.8 Å². The Morgan fingerprint density at radius 3 is 1.09 bits per heavy atom. The summed E-state index contributed by atoms with van der Waals surface area (Å²) in [5, 5.41) is 5.17. The molecular formula is C54H34N2S2. The fraction of sp³-hybridized carbons (Fsp3) is 0. The quantitative estimate of drug-likeness (QED) is 0.159. The molecule has 272 valence electrons. The Labute approximate surface area is 343 Å². The lowest BCUT2D eigenvalue weighted by Crippen LogP contribution is -1.96. The first-order valence-electron chi connectivity index (χ1n) is 19.7. The van der Waals surface area contributed by atoms with Crippen LogP contribution in [0.5, 0.6) is 0 Å². The molecule has 4 aromatic heterocycles. The summed E-state index contributed by atoms with van der Waals surface area (Å²) in [6.45, 7) is 0. The number of hydrogen-bond donors (Lipinski definition) is 0. The zero-order chi connectivity index (χ0) is 38.2. The minimum absolute atomic E-state index is 1.17. The van der Waals surface area contributed by atoms with Crippen LogP contribution in [0.4, 0.5) is 0 Å². The van der Waals surface area contributed by atoms with Crippen LogP contribution in [0.15, 0.2) is 206 Å². The summed E-state index contributed by atoms with van der Waals surface area (Å²) in [5.74, 6) is 0. The monoisotopic (exact) mass is 774 g/mol. The van der Waals surface area contributed by atoms with Crippen LogP contribution < -0.4 is 0 Å². The van der Waals surface area contributed by atoms with Crippen molar-refractivity contribution in [3.8, 4) is 56.1 Å². The van der Waals surface area contributed by atoms with E-state index < -0.39 is 0 Å². The summed E-state index contributed by atoms with van der Waals surface area (Å²) < 4.78 is 10.2. The Hall–Kier alpha value is -6.98. The van der Waals surface area contributed by atoms with Gasteiger partial charge in [-0.25, -0.2) is 0 Å². The molecule has 4 heterocycles. The third-order valence-electron chi connectivity index (χ3n) is 11.6. The maximum absolute atomic E-state index is 2.38. The molecule has 0 aliphatic carbocycles. The molecule has 0 amide bonds. The molecule has 0 radical (unpaired) electrons. The van der Waals surface area contributed by atoms with E-state index in [1.165, 1.54) is 108 Å². The number of rotatable bonds is 6. The van der Waals surface area contributed by atoms with Crippen LogP contribution in [-0.2, 0) is 0 Å². The van der Waals surface area contributed by atoms with E-state index in [2.05, 4.69) is 215 Å². The second kappa shape index (κ2) is 13.3. The molecule has 0 unspecified atom stereocenters. The minimum Gasteiger partial charge on any atom is -0.309 e. The first-order chi connectivity index (χ1) is 28.7. The van der Waals surface area contributed by atoms with Crippen LogP contribution in [0, 0.1) is 0 Å². The van der Waals surface area contributed by atoms with Gasteiger partial charge in [-0.3, -0.25) is 0 Å². The van der Waals surface area contributed by atoms with Gasteiger partial charge in [-0.15, -0.1) is 22.7 Å². The Bertz CT molecular complexity index is 3240. The average Bonchev–Trinajstić information content (AvgIpc) is 4.06. The van der Waals surface area contributed by atoms with Crippen molar-refractivity contribution in [2.75, 3.05) is 0 Å². The van der Waals surface area contributed by atoms with Gasteiger partial charge >= 0.3 is 0 Å². The molecule has 0 bridgehead atoms. The van der Waals surface area contributed by atoms with Crippen LogP contribution in [0.3, 0.4) is 0 Å². The molecule has 12 rings (SSSR count). The van der Waals surface area contributed by atoms with Crippen molar-refractivity contribution >= 4 is 74.1 Å². The van der Waals surface area contributed by atoms with Crippen molar-refractivity contribution in [2.45, 2.75) is 0 Å². The lowest BCUT2D eigenvalue weighted by Gasteiger charge is -2.12. The van der Waals surface area contributed by atoms with E-state index in [0.29, 0.717) is 0 Å². The molecule has 8 aromatic carbocycles. The lowest BCUT2D eigenvalue weighted by molar-refractivity contribution is 1.13. The average molecular weight is 775 g/mol. The highest BCUT2D eigenvalue weighted by molar-refractivity contribution is 7.36. The van der Waals surface area contributed by atoms with Gasteiger partial charge in [0.25, 0.3) is 0 Å². The van der Waals surface area contributed by atoms with Crippen molar-refractivity contribution in [1.82, 2.24) is 9.13 Å². The summed E-state index contributed by atoms with van der Waals surface area (Å²) in [4.78, 5) is 0. The maximum Gasteiger partial charge on any atom is 0.0542 e. The van der Waals surface area contributed by atoms with Crippen molar-refractivity contribution in [1.29, 1.82) is 0 Å². The molecule has 0 aliphatic heterocycles. The highest BCUT2D eigenvalue weighted by Crippen LogP contribution is 2.46. The SMILES string of the molecule is c1ccc(-n2c(-c3ccc(-c4ccc5c(c4)sc4c6ccc(-c7ccc(-c8cc9ccccc9n8-c8ccccc8)cc7)cc6sc54)cc3)cc3ccccc32)cc1. The van der Waals surface area contributed by atoms with Crippen LogP contribution in [0.1, 0.15) is 0 Å². The number of para-hydroxylation sites is 4. The van der Waals surface area contributed by atoms with Crippen molar-refractivity contribution in [3.05, 3.63) is 206 Å². The van der Waals surface area contributed by atoms with E-state index in [1.54, 1.807) is 0 Å².